The summed E-state index contributed by atoms with van der Waals surface area (Å²) in [6, 6.07) is 12.3. The zero-order valence-electron chi connectivity index (χ0n) is 24.4. The van der Waals surface area contributed by atoms with Gasteiger partial charge < -0.3 is 5.11 Å². The monoisotopic (exact) mass is 519 g/mol. The summed E-state index contributed by atoms with van der Waals surface area (Å²) < 4.78 is 0. The van der Waals surface area contributed by atoms with Crippen molar-refractivity contribution in [1.82, 2.24) is 15.0 Å². The van der Waals surface area contributed by atoms with Crippen molar-refractivity contribution in [1.29, 1.82) is 0 Å². The van der Waals surface area contributed by atoms with Crippen LogP contribution in [-0.2, 0) is 12.8 Å². The fourth-order valence-electron chi connectivity index (χ4n) is 5.46. The predicted octanol–water partition coefficient (Wildman–Crippen LogP) is 10.3. The number of hydrogen-bond donors (Lipinski definition) is 1. The van der Waals surface area contributed by atoms with Crippen molar-refractivity contribution in [3.05, 3.63) is 47.5 Å². The third-order valence-corrected chi connectivity index (χ3v) is 7.85. The highest BCUT2D eigenvalue weighted by molar-refractivity contribution is 5.73. The lowest BCUT2D eigenvalue weighted by Crippen LogP contribution is -2.03. The van der Waals surface area contributed by atoms with E-state index < -0.39 is 0 Å². The smallest absolute Gasteiger partial charge is 0.146 e. The maximum Gasteiger partial charge on any atom is 0.146 e. The van der Waals surface area contributed by atoms with Gasteiger partial charge >= 0.3 is 0 Å². The Balaban J connectivity index is 1.56. The molecular formula is C34H53N3O. The normalized spacial score (nSPS) is 11.5. The number of benzene rings is 2. The van der Waals surface area contributed by atoms with Crippen LogP contribution in [0.1, 0.15) is 141 Å². The average molecular weight is 520 g/mol. The van der Waals surface area contributed by atoms with Crippen LogP contribution >= 0.6 is 0 Å². The molecule has 2 aromatic carbocycles. The Morgan fingerprint density at radius 2 is 1.03 bits per heavy atom. The van der Waals surface area contributed by atoms with Crippen LogP contribution in [-0.4, -0.2) is 20.1 Å². The molecule has 0 bridgehead atoms. The van der Waals surface area contributed by atoms with E-state index in [0.717, 1.165) is 41.5 Å². The van der Waals surface area contributed by atoms with E-state index in [-0.39, 0.29) is 0 Å². The molecule has 0 amide bonds. The van der Waals surface area contributed by atoms with Crippen molar-refractivity contribution in [2.24, 2.45) is 0 Å². The lowest BCUT2D eigenvalue weighted by atomic mass is 9.98. The summed E-state index contributed by atoms with van der Waals surface area (Å²) in [6.07, 6.45) is 25.8. The molecule has 38 heavy (non-hydrogen) atoms. The van der Waals surface area contributed by atoms with E-state index in [0.29, 0.717) is 5.75 Å². The first-order valence-corrected chi connectivity index (χ1v) is 15.9. The van der Waals surface area contributed by atoms with Crippen molar-refractivity contribution in [3.63, 3.8) is 0 Å². The van der Waals surface area contributed by atoms with E-state index in [1.54, 1.807) is 4.80 Å². The number of hydrogen-bond acceptors (Lipinski definition) is 3. The highest BCUT2D eigenvalue weighted by Crippen LogP contribution is 2.30. The van der Waals surface area contributed by atoms with E-state index in [1.807, 2.05) is 24.3 Å². The number of nitrogens with zero attached hydrogens (tertiary/aromatic N) is 3. The molecule has 0 atom stereocenters. The minimum atomic E-state index is 0.347. The molecule has 4 heteroatoms. The fraction of sp³-hybridized carbons (Fsp3) is 0.647. The molecule has 4 nitrogen and oxygen atoms in total. The number of fused-ring (bicyclic) bond motifs is 1. The molecule has 1 heterocycles. The summed E-state index contributed by atoms with van der Waals surface area (Å²) in [6.45, 7) is 4.55. The van der Waals surface area contributed by atoms with E-state index in [1.165, 1.54) is 115 Å². The summed E-state index contributed by atoms with van der Waals surface area (Å²) in [7, 11) is 0. The molecule has 210 valence electrons. The van der Waals surface area contributed by atoms with Crippen LogP contribution in [0.5, 0.6) is 5.75 Å². The van der Waals surface area contributed by atoms with Crippen molar-refractivity contribution < 1.29 is 5.11 Å². The standard InChI is InChI=1S/C34H53N3O/c1-3-5-7-9-11-13-14-15-17-19-23-29-27-30(24-20-18-16-12-10-8-6-4-2)34(38)33(28-29)37-35-31-25-21-22-26-32(31)36-37/h21-22,25-28,38H,3-20,23-24H2,1-2H3. The van der Waals surface area contributed by atoms with Crippen LogP contribution in [0.2, 0.25) is 0 Å². The van der Waals surface area contributed by atoms with Gasteiger partial charge in [0.1, 0.15) is 22.5 Å². The van der Waals surface area contributed by atoms with Gasteiger partial charge in [0, 0.05) is 0 Å². The van der Waals surface area contributed by atoms with Gasteiger partial charge in [-0.1, -0.05) is 135 Å². The van der Waals surface area contributed by atoms with Gasteiger partial charge in [-0.2, -0.15) is 0 Å². The van der Waals surface area contributed by atoms with E-state index >= 15 is 0 Å². The third kappa shape index (κ3) is 10.4. The molecule has 3 aromatic rings. The predicted molar refractivity (Wildman–Crippen MR) is 162 cm³/mol. The van der Waals surface area contributed by atoms with Gasteiger partial charge in [-0.05, 0) is 55.0 Å². The maximum absolute atomic E-state index is 11.2. The summed E-state index contributed by atoms with van der Waals surface area (Å²) >= 11 is 0. The minimum absolute atomic E-state index is 0.347. The minimum Gasteiger partial charge on any atom is -0.505 e. The quantitative estimate of drug-likeness (QED) is 0.142. The second kappa shape index (κ2) is 18.0. The lowest BCUT2D eigenvalue weighted by molar-refractivity contribution is 0.458. The van der Waals surface area contributed by atoms with E-state index in [4.69, 9.17) is 0 Å². The van der Waals surface area contributed by atoms with Gasteiger partial charge in [-0.15, -0.1) is 15.0 Å². The van der Waals surface area contributed by atoms with Crippen molar-refractivity contribution in [2.45, 2.75) is 142 Å². The van der Waals surface area contributed by atoms with Gasteiger partial charge in [-0.25, -0.2) is 0 Å². The molecule has 1 N–H and O–H groups in total. The molecule has 0 aliphatic rings. The topological polar surface area (TPSA) is 50.9 Å². The number of phenols is 1. The van der Waals surface area contributed by atoms with Gasteiger partial charge in [0.25, 0.3) is 0 Å². The van der Waals surface area contributed by atoms with E-state index in [9.17, 15) is 5.11 Å². The molecular weight excluding hydrogens is 466 g/mol. The average Bonchev–Trinajstić information content (AvgIpc) is 3.36. The summed E-state index contributed by atoms with van der Waals surface area (Å²) in [5, 5.41) is 20.6. The Kier molecular flexibility index (Phi) is 14.3. The second-order valence-electron chi connectivity index (χ2n) is 11.3. The van der Waals surface area contributed by atoms with E-state index in [2.05, 4.69) is 36.2 Å². The summed E-state index contributed by atoms with van der Waals surface area (Å²) in [5.41, 5.74) is 4.79. The number of aryl methyl sites for hydroxylation is 2. The Morgan fingerprint density at radius 1 is 0.579 bits per heavy atom. The van der Waals surface area contributed by atoms with Crippen LogP contribution in [0.4, 0.5) is 0 Å². The maximum atomic E-state index is 11.2. The van der Waals surface area contributed by atoms with Gasteiger partial charge in [0.15, 0.2) is 0 Å². The molecule has 0 radical (unpaired) electrons. The first kappa shape index (κ1) is 30.2. The van der Waals surface area contributed by atoms with Crippen molar-refractivity contribution in [2.75, 3.05) is 0 Å². The summed E-state index contributed by atoms with van der Waals surface area (Å²) in [4.78, 5) is 1.64. The van der Waals surface area contributed by atoms with Crippen LogP contribution < -0.4 is 0 Å². The zero-order valence-corrected chi connectivity index (χ0v) is 24.4. The highest BCUT2D eigenvalue weighted by atomic mass is 16.3. The third-order valence-electron chi connectivity index (χ3n) is 7.85. The SMILES string of the molecule is CCCCCCCCCCCCc1cc(CCCCCCCCCC)c(O)c(-n2nc3ccccc3n2)c1. The van der Waals surface area contributed by atoms with Crippen LogP contribution in [0.3, 0.4) is 0 Å². The number of aromatic nitrogens is 3. The first-order chi connectivity index (χ1) is 18.7. The molecule has 1 aromatic heterocycles. The molecule has 0 spiro atoms. The fourth-order valence-corrected chi connectivity index (χ4v) is 5.46. The van der Waals surface area contributed by atoms with Crippen molar-refractivity contribution in [3.8, 4) is 11.4 Å². The molecule has 0 unspecified atom stereocenters. The summed E-state index contributed by atoms with van der Waals surface area (Å²) in [5.74, 6) is 0.347. The van der Waals surface area contributed by atoms with Crippen molar-refractivity contribution >= 4 is 11.0 Å². The van der Waals surface area contributed by atoms with Gasteiger partial charge in [0.05, 0.1) is 0 Å². The second-order valence-corrected chi connectivity index (χ2v) is 11.3. The number of unbranched alkanes of at least 4 members (excludes halogenated alkanes) is 16. The Labute approximate surface area is 232 Å². The largest absolute Gasteiger partial charge is 0.505 e. The molecule has 3 rings (SSSR count). The first-order valence-electron chi connectivity index (χ1n) is 15.9. The highest BCUT2D eigenvalue weighted by Gasteiger charge is 2.15. The van der Waals surface area contributed by atoms with Gasteiger partial charge in [-0.3, -0.25) is 0 Å². The Morgan fingerprint density at radius 3 is 1.53 bits per heavy atom. The molecule has 0 aliphatic carbocycles. The van der Waals surface area contributed by atoms with Crippen LogP contribution in [0, 0.1) is 0 Å². The molecule has 0 fully saturated rings. The van der Waals surface area contributed by atoms with Gasteiger partial charge in [0.2, 0.25) is 0 Å². The number of rotatable bonds is 21. The Hall–Kier alpha value is -2.36. The van der Waals surface area contributed by atoms with Crippen LogP contribution in [0.15, 0.2) is 36.4 Å². The Bertz CT molecular complexity index is 1010. The number of phenolic OH excluding ortho intramolecular Hbond substituents is 1. The number of aromatic hydroxyl groups is 1. The zero-order chi connectivity index (χ0) is 26.8. The van der Waals surface area contributed by atoms with Crippen LogP contribution in [0.25, 0.3) is 16.7 Å². The molecule has 0 saturated carbocycles. The molecule has 0 aliphatic heterocycles. The lowest BCUT2D eigenvalue weighted by Gasteiger charge is -2.13. The molecule has 0 saturated heterocycles.